The Hall–Kier alpha value is -2.93. The second kappa shape index (κ2) is 11.5. The van der Waals surface area contributed by atoms with Crippen LogP contribution in [-0.4, -0.2) is 53.2 Å². The summed E-state index contributed by atoms with van der Waals surface area (Å²) in [6, 6.07) is 8.53. The van der Waals surface area contributed by atoms with E-state index in [1.54, 1.807) is 0 Å². The SMILES string of the molecule is CC(C)(C)C[C@@H]1N[C@@H](C(=O)NC2CCN(C(=O)O)CC2)[C@H](c2cccc(Cl)c2F)[C@@]1(C#N)c1ccc(Cl)cc1F. The van der Waals surface area contributed by atoms with Gasteiger partial charge in [0.2, 0.25) is 5.91 Å². The van der Waals surface area contributed by atoms with Gasteiger partial charge in [0.15, 0.2) is 0 Å². The molecule has 0 radical (unpaired) electrons. The summed E-state index contributed by atoms with van der Waals surface area (Å²) < 4.78 is 31.4. The number of nitriles is 1. The summed E-state index contributed by atoms with van der Waals surface area (Å²) in [5.74, 6) is -3.15. The summed E-state index contributed by atoms with van der Waals surface area (Å²) in [6.07, 6.45) is 0.151. The van der Waals surface area contributed by atoms with E-state index in [4.69, 9.17) is 23.2 Å². The van der Waals surface area contributed by atoms with Gasteiger partial charge in [0.25, 0.3) is 0 Å². The van der Waals surface area contributed by atoms with Crippen LogP contribution in [0.5, 0.6) is 0 Å². The third-order valence-electron chi connectivity index (χ3n) is 7.84. The van der Waals surface area contributed by atoms with E-state index in [0.29, 0.717) is 19.3 Å². The van der Waals surface area contributed by atoms with Crippen LogP contribution in [0.4, 0.5) is 13.6 Å². The van der Waals surface area contributed by atoms with Crippen LogP contribution in [0.25, 0.3) is 0 Å². The molecule has 214 valence electrons. The first-order chi connectivity index (χ1) is 18.8. The van der Waals surface area contributed by atoms with Crippen LogP contribution in [-0.2, 0) is 10.2 Å². The number of hydrogen-bond donors (Lipinski definition) is 3. The van der Waals surface area contributed by atoms with E-state index < -0.39 is 47.1 Å². The smallest absolute Gasteiger partial charge is 0.407 e. The molecule has 3 N–H and O–H groups in total. The fourth-order valence-electron chi connectivity index (χ4n) is 6.06. The molecule has 2 fully saturated rings. The van der Waals surface area contributed by atoms with Crippen molar-refractivity contribution in [2.75, 3.05) is 13.1 Å². The van der Waals surface area contributed by atoms with E-state index in [1.807, 2.05) is 20.8 Å². The average Bonchev–Trinajstić information content (AvgIpc) is 3.19. The van der Waals surface area contributed by atoms with Crippen LogP contribution >= 0.6 is 23.2 Å². The van der Waals surface area contributed by atoms with Crippen molar-refractivity contribution < 1.29 is 23.5 Å². The highest BCUT2D eigenvalue weighted by Crippen LogP contribution is 2.52. The summed E-state index contributed by atoms with van der Waals surface area (Å²) in [6.45, 7) is 6.42. The van der Waals surface area contributed by atoms with E-state index in [1.165, 1.54) is 35.2 Å². The predicted molar refractivity (Wildman–Crippen MR) is 148 cm³/mol. The van der Waals surface area contributed by atoms with Crippen molar-refractivity contribution in [2.45, 2.75) is 69.5 Å². The molecule has 2 aromatic rings. The van der Waals surface area contributed by atoms with Gasteiger partial charge < -0.3 is 20.6 Å². The normalized spacial score (nSPS) is 25.4. The number of piperidine rings is 1. The van der Waals surface area contributed by atoms with Crippen LogP contribution in [0.2, 0.25) is 10.0 Å². The van der Waals surface area contributed by atoms with E-state index in [9.17, 15) is 20.0 Å². The molecule has 0 spiro atoms. The van der Waals surface area contributed by atoms with Crippen LogP contribution in [0.3, 0.4) is 0 Å². The highest BCUT2D eigenvalue weighted by Gasteiger charge is 2.61. The molecule has 2 saturated heterocycles. The van der Waals surface area contributed by atoms with Crippen molar-refractivity contribution in [3.63, 3.8) is 0 Å². The Morgan fingerprint density at radius 3 is 2.45 bits per heavy atom. The lowest BCUT2D eigenvalue weighted by Gasteiger charge is -2.37. The lowest BCUT2D eigenvalue weighted by molar-refractivity contribution is -0.124. The van der Waals surface area contributed by atoms with Gasteiger partial charge in [-0.05, 0) is 48.4 Å². The first kappa shape index (κ1) is 30.0. The van der Waals surface area contributed by atoms with Crippen molar-refractivity contribution in [2.24, 2.45) is 5.41 Å². The molecule has 0 aromatic heterocycles. The zero-order valence-corrected chi connectivity index (χ0v) is 24.0. The molecule has 11 heteroatoms. The number of carbonyl (C=O) groups is 2. The molecule has 0 saturated carbocycles. The molecule has 2 aliphatic rings. The molecule has 7 nitrogen and oxygen atoms in total. The maximum absolute atomic E-state index is 15.7. The maximum atomic E-state index is 15.7. The molecule has 4 rings (SSSR count). The lowest BCUT2D eigenvalue weighted by Crippen LogP contribution is -2.52. The zero-order chi connectivity index (χ0) is 29.4. The molecular weight excluding hydrogens is 561 g/mol. The number of hydrogen-bond acceptors (Lipinski definition) is 4. The van der Waals surface area contributed by atoms with Gasteiger partial charge >= 0.3 is 6.09 Å². The summed E-state index contributed by atoms with van der Waals surface area (Å²) >= 11 is 12.2. The Labute approximate surface area is 242 Å². The Morgan fingerprint density at radius 1 is 1.20 bits per heavy atom. The first-order valence-corrected chi connectivity index (χ1v) is 13.9. The van der Waals surface area contributed by atoms with Crippen molar-refractivity contribution >= 4 is 35.2 Å². The Kier molecular flexibility index (Phi) is 8.65. The van der Waals surface area contributed by atoms with Crippen molar-refractivity contribution in [3.05, 3.63) is 69.2 Å². The van der Waals surface area contributed by atoms with Gasteiger partial charge in [-0.3, -0.25) is 4.79 Å². The molecule has 0 aliphatic carbocycles. The standard InChI is InChI=1S/C29H32Cl2F2N4O3/c1-28(2,3)14-22-29(15-34,19-8-7-16(30)13-21(19)32)23(18-5-4-6-20(31)24(18)33)25(36-22)26(38)35-17-9-11-37(12-10-17)27(39)40/h4-8,13,17,22-23,25,36H,9-12,14H2,1-3H3,(H,35,38)(H,39,40)/t22-,23-,25+,29-/m0/s1. The molecule has 0 unspecified atom stereocenters. The Morgan fingerprint density at radius 2 is 1.88 bits per heavy atom. The summed E-state index contributed by atoms with van der Waals surface area (Å²) in [4.78, 5) is 26.5. The van der Waals surface area contributed by atoms with Gasteiger partial charge in [-0.2, -0.15) is 5.26 Å². The molecule has 40 heavy (non-hydrogen) atoms. The maximum Gasteiger partial charge on any atom is 0.407 e. The molecule has 0 bridgehead atoms. The van der Waals surface area contributed by atoms with Crippen LogP contribution < -0.4 is 10.6 Å². The lowest BCUT2D eigenvalue weighted by atomic mass is 9.62. The number of halogens is 4. The Balaban J connectivity index is 1.84. The van der Waals surface area contributed by atoms with Gasteiger partial charge in [-0.25, -0.2) is 13.6 Å². The van der Waals surface area contributed by atoms with Crippen molar-refractivity contribution in [1.82, 2.24) is 15.5 Å². The van der Waals surface area contributed by atoms with Gasteiger partial charge in [-0.1, -0.05) is 62.2 Å². The number of carboxylic acid groups (broad SMARTS) is 1. The monoisotopic (exact) mass is 592 g/mol. The molecule has 2 aliphatic heterocycles. The first-order valence-electron chi connectivity index (χ1n) is 13.1. The third-order valence-corrected chi connectivity index (χ3v) is 8.37. The number of nitrogens with zero attached hydrogens (tertiary/aromatic N) is 2. The highest BCUT2D eigenvalue weighted by atomic mass is 35.5. The fourth-order valence-corrected chi connectivity index (χ4v) is 6.40. The van der Waals surface area contributed by atoms with E-state index >= 15 is 8.78 Å². The molecule has 2 amide bonds. The molecular formula is C29H32Cl2F2N4O3. The average molecular weight is 594 g/mol. The second-order valence-electron chi connectivity index (χ2n) is 11.7. The number of benzene rings is 2. The third kappa shape index (κ3) is 5.76. The molecule has 4 atom stereocenters. The predicted octanol–water partition coefficient (Wildman–Crippen LogP) is 5.85. The van der Waals surface area contributed by atoms with Gasteiger partial charge in [-0.15, -0.1) is 0 Å². The van der Waals surface area contributed by atoms with Gasteiger partial charge in [0.1, 0.15) is 17.0 Å². The van der Waals surface area contributed by atoms with E-state index in [2.05, 4.69) is 16.7 Å². The number of carbonyl (C=O) groups excluding carboxylic acids is 1. The second-order valence-corrected chi connectivity index (χ2v) is 12.6. The van der Waals surface area contributed by atoms with E-state index in [-0.39, 0.29) is 45.7 Å². The number of likely N-dealkylation sites (tertiary alicyclic amines) is 1. The largest absolute Gasteiger partial charge is 0.465 e. The van der Waals surface area contributed by atoms with Crippen LogP contribution in [0, 0.1) is 28.4 Å². The van der Waals surface area contributed by atoms with Crippen LogP contribution in [0.1, 0.15) is 57.1 Å². The molecule has 2 heterocycles. The minimum absolute atomic E-state index is 0.00981. The fraction of sp³-hybridized carbons (Fsp3) is 0.483. The number of rotatable bonds is 5. The Bertz CT molecular complexity index is 1340. The minimum atomic E-state index is -1.71. The van der Waals surface area contributed by atoms with Gasteiger partial charge in [0, 0.05) is 41.7 Å². The summed E-state index contributed by atoms with van der Waals surface area (Å²) in [5, 5.41) is 26.4. The zero-order valence-electron chi connectivity index (χ0n) is 22.5. The van der Waals surface area contributed by atoms with Crippen molar-refractivity contribution in [1.29, 1.82) is 5.26 Å². The van der Waals surface area contributed by atoms with E-state index in [0.717, 1.165) is 6.07 Å². The quantitative estimate of drug-likeness (QED) is 0.404. The molecule has 2 aromatic carbocycles. The summed E-state index contributed by atoms with van der Waals surface area (Å²) in [5.41, 5.74) is -2.03. The summed E-state index contributed by atoms with van der Waals surface area (Å²) in [7, 11) is 0. The minimum Gasteiger partial charge on any atom is -0.465 e. The van der Waals surface area contributed by atoms with Crippen molar-refractivity contribution in [3.8, 4) is 6.07 Å². The van der Waals surface area contributed by atoms with Crippen LogP contribution in [0.15, 0.2) is 36.4 Å². The van der Waals surface area contributed by atoms with Gasteiger partial charge in [0.05, 0.1) is 17.1 Å². The number of nitrogens with one attached hydrogen (secondary N) is 2. The highest BCUT2D eigenvalue weighted by molar-refractivity contribution is 6.31. The topological polar surface area (TPSA) is 105 Å². The number of amides is 2.